The third-order valence-electron chi connectivity index (χ3n) is 5.86. The number of sulfonamides is 1. The van der Waals surface area contributed by atoms with Crippen LogP contribution in [-0.4, -0.2) is 53.6 Å². The van der Waals surface area contributed by atoms with E-state index in [1.807, 2.05) is 56.3 Å². The molecule has 4 rings (SSSR count). The molecule has 6 N–H and O–H groups in total. The Kier molecular flexibility index (Phi) is 9.95. The fraction of sp³-hybridized carbons (Fsp3) is 0.259. The fourth-order valence-corrected chi connectivity index (χ4v) is 5.36. The van der Waals surface area contributed by atoms with E-state index in [1.165, 1.54) is 12.3 Å². The van der Waals surface area contributed by atoms with Crippen molar-refractivity contribution in [3.63, 3.8) is 0 Å². The van der Waals surface area contributed by atoms with Crippen LogP contribution >= 0.6 is 0 Å². The molecule has 38 heavy (non-hydrogen) atoms. The lowest BCUT2D eigenvalue weighted by molar-refractivity contribution is -0.138. The van der Waals surface area contributed by atoms with Crippen LogP contribution in [0.25, 0.3) is 21.7 Å². The number of aromatic nitrogens is 1. The van der Waals surface area contributed by atoms with Gasteiger partial charge in [0.1, 0.15) is 10.9 Å². The summed E-state index contributed by atoms with van der Waals surface area (Å²) in [4.78, 5) is 15.9. The SMILES string of the molecule is CC(C)C[C@H](N)B(O)O.O=C(O)[C@H](Cc1ccc2ccccc2c1)NS(=O)(=O)c1cccc2cccnc12. The molecule has 0 unspecified atom stereocenters. The van der Waals surface area contributed by atoms with Crippen molar-refractivity contribution in [1.82, 2.24) is 9.71 Å². The predicted octanol–water partition coefficient (Wildman–Crippen LogP) is 2.73. The second-order valence-electron chi connectivity index (χ2n) is 9.44. The number of carboxylic acid groups (broad SMARTS) is 1. The van der Waals surface area contributed by atoms with E-state index in [4.69, 9.17) is 15.8 Å². The average molecular weight is 537 g/mol. The number of pyridine rings is 1. The quantitative estimate of drug-likeness (QED) is 0.204. The minimum atomic E-state index is -4.09. The minimum Gasteiger partial charge on any atom is -0.480 e. The summed E-state index contributed by atoms with van der Waals surface area (Å²) < 4.78 is 28.2. The minimum absolute atomic E-state index is 0.0254. The van der Waals surface area contributed by atoms with Crippen LogP contribution < -0.4 is 10.5 Å². The highest BCUT2D eigenvalue weighted by atomic mass is 32.2. The number of hydrogen-bond acceptors (Lipinski definition) is 7. The first-order valence-corrected chi connectivity index (χ1v) is 13.6. The maximum absolute atomic E-state index is 12.9. The largest absolute Gasteiger partial charge is 0.480 e. The Morgan fingerprint density at radius 1 is 0.974 bits per heavy atom. The Bertz CT molecular complexity index is 1490. The summed E-state index contributed by atoms with van der Waals surface area (Å²) in [5.41, 5.74) is 6.35. The zero-order valence-corrected chi connectivity index (χ0v) is 22.0. The Balaban J connectivity index is 0.000000383. The number of para-hydroxylation sites is 1. The van der Waals surface area contributed by atoms with Gasteiger partial charge in [-0.2, -0.15) is 4.72 Å². The van der Waals surface area contributed by atoms with Gasteiger partial charge in [0.15, 0.2) is 0 Å². The van der Waals surface area contributed by atoms with Crippen LogP contribution in [0.3, 0.4) is 0 Å². The maximum Gasteiger partial charge on any atom is 0.469 e. The first-order valence-electron chi connectivity index (χ1n) is 12.2. The van der Waals surface area contributed by atoms with Gasteiger partial charge in [0.05, 0.1) is 5.52 Å². The highest BCUT2D eigenvalue weighted by molar-refractivity contribution is 7.89. The number of fused-ring (bicyclic) bond motifs is 2. The third-order valence-corrected chi connectivity index (χ3v) is 7.36. The Morgan fingerprint density at radius 2 is 1.63 bits per heavy atom. The molecule has 1 aromatic heterocycles. The fourth-order valence-electron chi connectivity index (χ4n) is 3.99. The normalized spacial score (nSPS) is 13.1. The van der Waals surface area contributed by atoms with Crippen molar-refractivity contribution in [2.45, 2.75) is 43.6 Å². The summed E-state index contributed by atoms with van der Waals surface area (Å²) in [5, 5.41) is 29.3. The summed E-state index contributed by atoms with van der Waals surface area (Å²) in [6, 6.07) is 20.3. The number of nitrogens with zero attached hydrogens (tertiary/aromatic N) is 1. The molecule has 0 aliphatic rings. The van der Waals surface area contributed by atoms with E-state index in [0.29, 0.717) is 23.2 Å². The molecule has 0 bridgehead atoms. The number of nitrogens with one attached hydrogen (secondary N) is 1. The van der Waals surface area contributed by atoms with Gasteiger partial charge >= 0.3 is 13.1 Å². The lowest BCUT2D eigenvalue weighted by atomic mass is 9.76. The van der Waals surface area contributed by atoms with Gasteiger partial charge in [0.25, 0.3) is 0 Å². The second-order valence-corrected chi connectivity index (χ2v) is 11.1. The molecule has 0 fully saturated rings. The van der Waals surface area contributed by atoms with E-state index in [2.05, 4.69) is 9.71 Å². The second kappa shape index (κ2) is 12.9. The molecule has 0 saturated heterocycles. The molecule has 0 aliphatic heterocycles. The highest BCUT2D eigenvalue weighted by Gasteiger charge is 2.27. The van der Waals surface area contributed by atoms with E-state index >= 15 is 0 Å². The molecule has 9 nitrogen and oxygen atoms in total. The standard InChI is InChI=1S/C22H18N2O4S.C5H14BNO2/c25-22(26)19(14-15-10-11-16-5-1-2-6-18(16)13-15)24-29(27,28)20-9-3-7-17-8-4-12-23-21(17)20;1-4(2)3-5(7)6(8)9/h1-13,19,24H,14H2,(H,25,26);4-5,8-9H,3,7H2,1-2H3/t19-;5-/m00/s1. The molecule has 0 spiro atoms. The molecule has 0 radical (unpaired) electrons. The summed E-state index contributed by atoms with van der Waals surface area (Å²) >= 11 is 0. The zero-order valence-electron chi connectivity index (χ0n) is 21.2. The molecule has 4 aromatic rings. The third kappa shape index (κ3) is 7.83. The lowest BCUT2D eigenvalue weighted by Crippen LogP contribution is -2.42. The van der Waals surface area contributed by atoms with Crippen molar-refractivity contribution in [3.05, 3.63) is 84.6 Å². The topological polar surface area (TPSA) is 163 Å². The first-order chi connectivity index (χ1) is 18.0. The van der Waals surface area contributed by atoms with Gasteiger partial charge in [0.2, 0.25) is 10.0 Å². The smallest absolute Gasteiger partial charge is 0.469 e. The van der Waals surface area contributed by atoms with Crippen molar-refractivity contribution in [2.24, 2.45) is 11.7 Å². The van der Waals surface area contributed by atoms with Crippen molar-refractivity contribution >= 4 is 44.8 Å². The average Bonchev–Trinajstić information content (AvgIpc) is 2.87. The molecule has 200 valence electrons. The molecular formula is C27H32BN3O6S. The molecule has 3 aromatic carbocycles. The number of hydrogen-bond donors (Lipinski definition) is 5. The lowest BCUT2D eigenvalue weighted by Gasteiger charge is -2.16. The van der Waals surface area contributed by atoms with E-state index < -0.39 is 35.1 Å². The maximum atomic E-state index is 12.9. The van der Waals surface area contributed by atoms with E-state index in [0.717, 1.165) is 16.3 Å². The van der Waals surface area contributed by atoms with Crippen LogP contribution in [0.2, 0.25) is 0 Å². The van der Waals surface area contributed by atoms with Crippen molar-refractivity contribution < 1.29 is 28.4 Å². The summed E-state index contributed by atoms with van der Waals surface area (Å²) in [5.74, 6) is -1.32. The monoisotopic (exact) mass is 537 g/mol. The number of benzene rings is 3. The van der Waals surface area contributed by atoms with Gasteiger partial charge in [-0.25, -0.2) is 8.42 Å². The van der Waals surface area contributed by atoms with Crippen molar-refractivity contribution in [3.8, 4) is 0 Å². The molecule has 11 heteroatoms. The summed E-state index contributed by atoms with van der Waals surface area (Å²) in [7, 11) is -5.46. The van der Waals surface area contributed by atoms with Gasteiger partial charge in [-0.3, -0.25) is 9.78 Å². The summed E-state index contributed by atoms with van der Waals surface area (Å²) in [6.45, 7) is 3.98. The predicted molar refractivity (Wildman–Crippen MR) is 149 cm³/mol. The van der Waals surface area contributed by atoms with Crippen LogP contribution in [0.15, 0.2) is 83.9 Å². The van der Waals surface area contributed by atoms with Gasteiger partial charge in [-0.1, -0.05) is 74.5 Å². The van der Waals surface area contributed by atoms with E-state index in [9.17, 15) is 18.3 Å². The first kappa shape index (κ1) is 29.2. The van der Waals surface area contributed by atoms with Crippen LogP contribution in [0.4, 0.5) is 0 Å². The molecule has 0 aliphatic carbocycles. The highest BCUT2D eigenvalue weighted by Crippen LogP contribution is 2.22. The van der Waals surface area contributed by atoms with Crippen LogP contribution in [0, 0.1) is 5.92 Å². The molecule has 0 saturated carbocycles. The van der Waals surface area contributed by atoms with Gasteiger partial charge in [0, 0.05) is 17.5 Å². The number of nitrogens with two attached hydrogens (primary N) is 1. The Hall–Kier alpha value is -3.35. The van der Waals surface area contributed by atoms with Gasteiger partial charge in [-0.15, -0.1) is 0 Å². The molecular weight excluding hydrogens is 505 g/mol. The van der Waals surface area contributed by atoms with Gasteiger partial charge < -0.3 is 20.9 Å². The molecule has 2 atom stereocenters. The number of aliphatic carboxylic acids is 1. The van der Waals surface area contributed by atoms with E-state index in [-0.39, 0.29) is 11.3 Å². The number of carbonyl (C=O) groups is 1. The van der Waals surface area contributed by atoms with E-state index in [1.54, 1.807) is 24.3 Å². The number of carboxylic acids is 1. The Morgan fingerprint density at radius 3 is 2.26 bits per heavy atom. The van der Waals surface area contributed by atoms with Gasteiger partial charge in [-0.05, 0) is 47.2 Å². The number of rotatable bonds is 9. The van der Waals surface area contributed by atoms with Crippen LogP contribution in [0.5, 0.6) is 0 Å². The van der Waals surface area contributed by atoms with Crippen LogP contribution in [0.1, 0.15) is 25.8 Å². The Labute approximate surface area is 222 Å². The van der Waals surface area contributed by atoms with Crippen molar-refractivity contribution in [2.75, 3.05) is 0 Å². The van der Waals surface area contributed by atoms with Crippen LogP contribution in [-0.2, 0) is 21.2 Å². The van der Waals surface area contributed by atoms with Crippen molar-refractivity contribution in [1.29, 1.82) is 0 Å². The zero-order chi connectivity index (χ0) is 27.9. The summed E-state index contributed by atoms with van der Waals surface area (Å²) in [6.07, 6.45) is 2.18. The molecule has 0 amide bonds. The molecule has 1 heterocycles.